The Bertz CT molecular complexity index is 561. The monoisotopic (exact) mass is 347 g/mol. The largest absolute Gasteiger partial charge is 0.310 e. The minimum atomic E-state index is 0.277. The molecule has 3 nitrogen and oxygen atoms in total. The standard InChI is InChI=1S/C17H22BrN3/c1-4-7-19-17(10-16-6-5-15(18)11-20-16)14-8-12(2)21-13(3)9-14/h5-6,8-9,11,17,19H,4,7,10H2,1-3H3. The Balaban J connectivity index is 2.22. The molecule has 0 saturated carbocycles. The summed E-state index contributed by atoms with van der Waals surface area (Å²) in [6.07, 6.45) is 3.86. The number of nitrogens with zero attached hydrogens (tertiary/aromatic N) is 2. The van der Waals surface area contributed by atoms with Gasteiger partial charge >= 0.3 is 0 Å². The number of rotatable bonds is 6. The maximum atomic E-state index is 4.49. The molecule has 0 aliphatic rings. The van der Waals surface area contributed by atoms with Gasteiger partial charge in [-0.05, 0) is 72.6 Å². The van der Waals surface area contributed by atoms with E-state index in [9.17, 15) is 0 Å². The summed E-state index contributed by atoms with van der Waals surface area (Å²) in [6.45, 7) is 7.28. The minimum Gasteiger partial charge on any atom is -0.310 e. The quantitative estimate of drug-likeness (QED) is 0.853. The lowest BCUT2D eigenvalue weighted by molar-refractivity contribution is 0.523. The predicted molar refractivity (Wildman–Crippen MR) is 90.4 cm³/mol. The van der Waals surface area contributed by atoms with Gasteiger partial charge in [-0.3, -0.25) is 9.97 Å². The van der Waals surface area contributed by atoms with Crippen molar-refractivity contribution >= 4 is 15.9 Å². The summed E-state index contributed by atoms with van der Waals surface area (Å²) in [5, 5.41) is 3.62. The molecule has 0 saturated heterocycles. The molecule has 0 spiro atoms. The molecule has 2 aromatic rings. The van der Waals surface area contributed by atoms with Crippen LogP contribution < -0.4 is 5.32 Å². The van der Waals surface area contributed by atoms with Crippen molar-refractivity contribution in [3.63, 3.8) is 0 Å². The first-order valence-electron chi connectivity index (χ1n) is 7.37. The number of nitrogens with one attached hydrogen (secondary N) is 1. The highest BCUT2D eigenvalue weighted by molar-refractivity contribution is 9.10. The van der Waals surface area contributed by atoms with Crippen molar-refractivity contribution in [3.05, 3.63) is 57.6 Å². The maximum absolute atomic E-state index is 4.49. The Labute approximate surface area is 135 Å². The molecule has 0 fully saturated rings. The van der Waals surface area contributed by atoms with E-state index in [-0.39, 0.29) is 6.04 Å². The molecule has 0 aliphatic carbocycles. The smallest absolute Gasteiger partial charge is 0.0423 e. The van der Waals surface area contributed by atoms with Crippen molar-refractivity contribution in [2.75, 3.05) is 6.54 Å². The van der Waals surface area contributed by atoms with Crippen molar-refractivity contribution in [3.8, 4) is 0 Å². The zero-order valence-corrected chi connectivity index (χ0v) is 14.4. The van der Waals surface area contributed by atoms with Crippen LogP contribution in [0.5, 0.6) is 0 Å². The van der Waals surface area contributed by atoms with Crippen LogP contribution in [0, 0.1) is 13.8 Å². The summed E-state index contributed by atoms with van der Waals surface area (Å²) in [7, 11) is 0. The second-order valence-electron chi connectivity index (χ2n) is 5.36. The second kappa shape index (κ2) is 7.66. The SMILES string of the molecule is CCCNC(Cc1ccc(Br)cn1)c1cc(C)nc(C)c1. The van der Waals surface area contributed by atoms with Crippen LogP contribution in [0.1, 0.15) is 42.0 Å². The Hall–Kier alpha value is -1.26. The summed E-state index contributed by atoms with van der Waals surface area (Å²) in [5.41, 5.74) is 4.52. The fourth-order valence-corrected chi connectivity index (χ4v) is 2.67. The Kier molecular flexibility index (Phi) is 5.88. The van der Waals surface area contributed by atoms with Crippen LogP contribution in [0.25, 0.3) is 0 Å². The number of halogens is 1. The number of hydrogen-bond acceptors (Lipinski definition) is 3. The second-order valence-corrected chi connectivity index (χ2v) is 6.28. The molecule has 0 radical (unpaired) electrons. The zero-order chi connectivity index (χ0) is 15.2. The van der Waals surface area contributed by atoms with E-state index in [0.29, 0.717) is 0 Å². The average Bonchev–Trinajstić information content (AvgIpc) is 2.44. The van der Waals surface area contributed by atoms with Gasteiger partial charge in [0.2, 0.25) is 0 Å². The molecule has 1 atom stereocenters. The maximum Gasteiger partial charge on any atom is 0.0423 e. The first-order valence-corrected chi connectivity index (χ1v) is 8.16. The van der Waals surface area contributed by atoms with Gasteiger partial charge in [-0.25, -0.2) is 0 Å². The van der Waals surface area contributed by atoms with Gasteiger partial charge in [-0.15, -0.1) is 0 Å². The first kappa shape index (κ1) is 16.1. The van der Waals surface area contributed by atoms with E-state index >= 15 is 0 Å². The first-order chi connectivity index (χ1) is 10.1. The topological polar surface area (TPSA) is 37.8 Å². The van der Waals surface area contributed by atoms with Gasteiger partial charge in [0.15, 0.2) is 0 Å². The van der Waals surface area contributed by atoms with Gasteiger partial charge in [0, 0.05) is 40.2 Å². The summed E-state index contributed by atoms with van der Waals surface area (Å²) in [6, 6.07) is 8.73. The zero-order valence-electron chi connectivity index (χ0n) is 12.9. The van der Waals surface area contributed by atoms with E-state index in [0.717, 1.165) is 40.9 Å². The van der Waals surface area contributed by atoms with Gasteiger partial charge in [-0.1, -0.05) is 6.92 Å². The molecule has 21 heavy (non-hydrogen) atoms. The van der Waals surface area contributed by atoms with Crippen molar-refractivity contribution < 1.29 is 0 Å². The molecule has 0 bridgehead atoms. The lowest BCUT2D eigenvalue weighted by Crippen LogP contribution is -2.24. The van der Waals surface area contributed by atoms with Crippen LogP contribution in [-0.4, -0.2) is 16.5 Å². The van der Waals surface area contributed by atoms with E-state index in [2.05, 4.69) is 56.3 Å². The Morgan fingerprint density at radius 1 is 1.19 bits per heavy atom. The van der Waals surface area contributed by atoms with Gasteiger partial charge in [0.1, 0.15) is 0 Å². The number of aryl methyl sites for hydroxylation is 2. The highest BCUT2D eigenvalue weighted by Crippen LogP contribution is 2.20. The van der Waals surface area contributed by atoms with Crippen LogP contribution in [0.2, 0.25) is 0 Å². The van der Waals surface area contributed by atoms with E-state index < -0.39 is 0 Å². The third kappa shape index (κ3) is 4.90. The lowest BCUT2D eigenvalue weighted by atomic mass is 10.0. The molecular formula is C17H22BrN3. The fraction of sp³-hybridized carbons (Fsp3) is 0.412. The van der Waals surface area contributed by atoms with E-state index in [1.54, 1.807) is 0 Å². The van der Waals surface area contributed by atoms with Crippen LogP contribution in [0.3, 0.4) is 0 Å². The lowest BCUT2D eigenvalue weighted by Gasteiger charge is -2.19. The Morgan fingerprint density at radius 3 is 2.48 bits per heavy atom. The van der Waals surface area contributed by atoms with E-state index in [1.807, 2.05) is 26.1 Å². The van der Waals surface area contributed by atoms with Gasteiger partial charge in [0.25, 0.3) is 0 Å². The highest BCUT2D eigenvalue weighted by atomic mass is 79.9. The molecule has 112 valence electrons. The molecule has 0 amide bonds. The summed E-state index contributed by atoms with van der Waals surface area (Å²) in [4.78, 5) is 8.96. The molecular weight excluding hydrogens is 326 g/mol. The van der Waals surface area contributed by atoms with Crippen LogP contribution in [0.4, 0.5) is 0 Å². The fourth-order valence-electron chi connectivity index (χ4n) is 2.43. The third-order valence-corrected chi connectivity index (χ3v) is 3.82. The molecule has 1 N–H and O–H groups in total. The molecule has 0 aromatic carbocycles. The molecule has 2 aromatic heterocycles. The molecule has 4 heteroatoms. The van der Waals surface area contributed by atoms with Crippen molar-refractivity contribution in [2.24, 2.45) is 0 Å². The molecule has 0 aliphatic heterocycles. The number of hydrogen-bond donors (Lipinski definition) is 1. The normalized spacial score (nSPS) is 12.4. The summed E-state index contributed by atoms with van der Waals surface area (Å²) < 4.78 is 1.01. The molecule has 2 heterocycles. The number of pyridine rings is 2. The van der Waals surface area contributed by atoms with Gasteiger partial charge < -0.3 is 5.32 Å². The van der Waals surface area contributed by atoms with Crippen LogP contribution >= 0.6 is 15.9 Å². The van der Waals surface area contributed by atoms with E-state index in [4.69, 9.17) is 0 Å². The number of aromatic nitrogens is 2. The van der Waals surface area contributed by atoms with Crippen molar-refractivity contribution in [1.29, 1.82) is 0 Å². The van der Waals surface area contributed by atoms with Crippen LogP contribution in [0.15, 0.2) is 34.9 Å². The van der Waals surface area contributed by atoms with Gasteiger partial charge in [0.05, 0.1) is 0 Å². The minimum absolute atomic E-state index is 0.277. The summed E-state index contributed by atoms with van der Waals surface area (Å²) >= 11 is 3.43. The van der Waals surface area contributed by atoms with Crippen LogP contribution in [-0.2, 0) is 6.42 Å². The van der Waals surface area contributed by atoms with E-state index in [1.165, 1.54) is 5.56 Å². The molecule has 1 unspecified atom stereocenters. The third-order valence-electron chi connectivity index (χ3n) is 3.35. The van der Waals surface area contributed by atoms with Crippen molar-refractivity contribution in [2.45, 2.75) is 39.7 Å². The average molecular weight is 348 g/mol. The van der Waals surface area contributed by atoms with Crippen molar-refractivity contribution in [1.82, 2.24) is 15.3 Å². The summed E-state index contributed by atoms with van der Waals surface area (Å²) in [5.74, 6) is 0. The van der Waals surface area contributed by atoms with Gasteiger partial charge in [-0.2, -0.15) is 0 Å². The predicted octanol–water partition coefficient (Wildman–Crippen LogP) is 4.14. The molecule has 2 rings (SSSR count). The Morgan fingerprint density at radius 2 is 1.90 bits per heavy atom. The highest BCUT2D eigenvalue weighted by Gasteiger charge is 2.13.